The number of aliphatic hydroxyl groups excluding tert-OH is 1. The van der Waals surface area contributed by atoms with Crippen LogP contribution in [0, 0.1) is 5.41 Å². The Morgan fingerprint density at radius 2 is 2.15 bits per heavy atom. The fourth-order valence-corrected chi connectivity index (χ4v) is 3.61. The quantitative estimate of drug-likeness (QED) is 0.831. The van der Waals surface area contributed by atoms with Gasteiger partial charge in [0.1, 0.15) is 0 Å². The van der Waals surface area contributed by atoms with Gasteiger partial charge in [-0.1, -0.05) is 31.4 Å². The van der Waals surface area contributed by atoms with Gasteiger partial charge in [-0.05, 0) is 31.1 Å². The standard InChI is InChI=1S/C16H25N3O/c20-11-10-19-13-15(12-17-19)18-14-4-8-16(9-5-14)6-2-1-3-7-16/h4,8,12-14,18,20H,1-3,5-7,9-11H2. The second kappa shape index (κ2) is 6.00. The van der Waals surface area contributed by atoms with E-state index in [1.54, 1.807) is 4.68 Å². The van der Waals surface area contributed by atoms with Crippen LogP contribution in [0.1, 0.15) is 44.9 Å². The van der Waals surface area contributed by atoms with Crippen molar-refractivity contribution in [3.05, 3.63) is 24.5 Å². The highest BCUT2D eigenvalue weighted by Gasteiger charge is 2.32. The number of aliphatic hydroxyl groups is 1. The lowest BCUT2D eigenvalue weighted by Gasteiger charge is -2.39. The summed E-state index contributed by atoms with van der Waals surface area (Å²) in [6.45, 7) is 0.693. The van der Waals surface area contributed by atoms with Crippen LogP contribution in [0.2, 0.25) is 0 Å². The van der Waals surface area contributed by atoms with Gasteiger partial charge in [-0.3, -0.25) is 4.68 Å². The Kier molecular flexibility index (Phi) is 4.10. The molecule has 2 aliphatic carbocycles. The molecule has 0 bridgehead atoms. The third-order valence-corrected chi connectivity index (χ3v) is 4.80. The second-order valence-corrected chi connectivity index (χ2v) is 6.29. The number of rotatable bonds is 4. The first kappa shape index (κ1) is 13.7. The fraction of sp³-hybridized carbons (Fsp3) is 0.688. The molecule has 3 rings (SSSR count). The van der Waals surface area contributed by atoms with Gasteiger partial charge >= 0.3 is 0 Å². The Hall–Kier alpha value is -1.29. The van der Waals surface area contributed by atoms with Crippen LogP contribution >= 0.6 is 0 Å². The molecule has 110 valence electrons. The zero-order valence-electron chi connectivity index (χ0n) is 12.1. The number of allylic oxidation sites excluding steroid dienone is 1. The summed E-state index contributed by atoms with van der Waals surface area (Å²) in [6, 6.07) is 0.425. The van der Waals surface area contributed by atoms with Crippen molar-refractivity contribution >= 4 is 5.69 Å². The molecule has 1 unspecified atom stereocenters. The maximum Gasteiger partial charge on any atom is 0.0731 e. The average molecular weight is 275 g/mol. The topological polar surface area (TPSA) is 50.1 Å². The summed E-state index contributed by atoms with van der Waals surface area (Å²) < 4.78 is 1.78. The first-order valence-corrected chi connectivity index (χ1v) is 7.89. The third kappa shape index (κ3) is 3.06. The molecule has 2 aliphatic rings. The van der Waals surface area contributed by atoms with E-state index in [2.05, 4.69) is 22.6 Å². The highest BCUT2D eigenvalue weighted by atomic mass is 16.3. The molecular formula is C16H25N3O. The fourth-order valence-electron chi connectivity index (χ4n) is 3.61. The number of hydrogen-bond acceptors (Lipinski definition) is 3. The van der Waals surface area contributed by atoms with E-state index in [-0.39, 0.29) is 6.61 Å². The van der Waals surface area contributed by atoms with Crippen molar-refractivity contribution in [2.75, 3.05) is 11.9 Å². The van der Waals surface area contributed by atoms with Crippen molar-refractivity contribution in [1.29, 1.82) is 0 Å². The zero-order valence-corrected chi connectivity index (χ0v) is 12.1. The van der Waals surface area contributed by atoms with Gasteiger partial charge < -0.3 is 10.4 Å². The molecule has 1 aromatic heterocycles. The number of nitrogens with one attached hydrogen (secondary N) is 1. The van der Waals surface area contributed by atoms with E-state index in [0.717, 1.165) is 5.69 Å². The van der Waals surface area contributed by atoms with Gasteiger partial charge in [0.15, 0.2) is 0 Å². The van der Waals surface area contributed by atoms with Gasteiger partial charge in [0.2, 0.25) is 0 Å². The summed E-state index contributed by atoms with van der Waals surface area (Å²) in [6.07, 6.45) is 18.1. The third-order valence-electron chi connectivity index (χ3n) is 4.80. The molecule has 1 heterocycles. The highest BCUT2D eigenvalue weighted by Crippen LogP contribution is 2.44. The molecule has 1 fully saturated rings. The summed E-state index contributed by atoms with van der Waals surface area (Å²) in [5, 5.41) is 16.7. The highest BCUT2D eigenvalue weighted by molar-refractivity contribution is 5.41. The molecule has 1 spiro atoms. The predicted molar refractivity (Wildman–Crippen MR) is 80.6 cm³/mol. The largest absolute Gasteiger partial charge is 0.394 e. The molecule has 0 amide bonds. The lowest BCUT2D eigenvalue weighted by atomic mass is 9.68. The zero-order chi connectivity index (χ0) is 13.8. The van der Waals surface area contributed by atoms with Crippen molar-refractivity contribution < 1.29 is 5.11 Å². The van der Waals surface area contributed by atoms with Crippen LogP contribution in [-0.4, -0.2) is 27.5 Å². The van der Waals surface area contributed by atoms with Crippen LogP contribution in [0.25, 0.3) is 0 Å². The van der Waals surface area contributed by atoms with Crippen molar-refractivity contribution in [3.8, 4) is 0 Å². The molecule has 0 saturated heterocycles. The summed E-state index contributed by atoms with van der Waals surface area (Å²) >= 11 is 0. The van der Waals surface area contributed by atoms with E-state index in [0.29, 0.717) is 18.0 Å². The lowest BCUT2D eigenvalue weighted by molar-refractivity contribution is 0.223. The molecule has 1 aromatic rings. The molecule has 4 heteroatoms. The van der Waals surface area contributed by atoms with Crippen molar-refractivity contribution in [2.45, 2.75) is 57.5 Å². The Morgan fingerprint density at radius 1 is 1.30 bits per heavy atom. The first-order chi connectivity index (χ1) is 9.80. The molecule has 1 atom stereocenters. The van der Waals surface area contributed by atoms with Gasteiger partial charge in [0, 0.05) is 12.2 Å². The van der Waals surface area contributed by atoms with Crippen molar-refractivity contribution in [1.82, 2.24) is 9.78 Å². The minimum atomic E-state index is 0.132. The van der Waals surface area contributed by atoms with E-state index < -0.39 is 0 Å². The second-order valence-electron chi connectivity index (χ2n) is 6.29. The van der Waals surface area contributed by atoms with Crippen LogP contribution < -0.4 is 5.32 Å². The smallest absolute Gasteiger partial charge is 0.0731 e. The first-order valence-electron chi connectivity index (χ1n) is 7.89. The predicted octanol–water partition coefficient (Wildman–Crippen LogP) is 2.96. The van der Waals surface area contributed by atoms with E-state index in [1.165, 1.54) is 44.9 Å². The van der Waals surface area contributed by atoms with Crippen LogP contribution in [0.5, 0.6) is 0 Å². The Bertz CT molecular complexity index is 460. The van der Waals surface area contributed by atoms with Gasteiger partial charge in [0.05, 0.1) is 25.0 Å². The van der Waals surface area contributed by atoms with Crippen molar-refractivity contribution in [2.24, 2.45) is 5.41 Å². The molecule has 0 radical (unpaired) electrons. The van der Waals surface area contributed by atoms with Gasteiger partial charge in [0.25, 0.3) is 0 Å². The number of anilines is 1. The molecule has 1 saturated carbocycles. The monoisotopic (exact) mass is 275 g/mol. The molecule has 0 aliphatic heterocycles. The minimum absolute atomic E-state index is 0.132. The lowest BCUT2D eigenvalue weighted by Crippen LogP contribution is -2.30. The Labute approximate surface area is 120 Å². The average Bonchev–Trinajstić information content (AvgIpc) is 2.91. The number of nitrogens with zero attached hydrogens (tertiary/aromatic N) is 2. The Morgan fingerprint density at radius 3 is 2.85 bits per heavy atom. The van der Waals surface area contributed by atoms with Gasteiger partial charge in [-0.25, -0.2) is 0 Å². The molecular weight excluding hydrogens is 250 g/mol. The molecule has 0 aromatic carbocycles. The normalized spacial score (nSPS) is 24.9. The summed E-state index contributed by atoms with van der Waals surface area (Å²) in [5.74, 6) is 0. The van der Waals surface area contributed by atoms with Gasteiger partial charge in [-0.2, -0.15) is 5.10 Å². The number of aromatic nitrogens is 2. The van der Waals surface area contributed by atoms with Gasteiger partial charge in [-0.15, -0.1) is 0 Å². The van der Waals surface area contributed by atoms with E-state index >= 15 is 0 Å². The van der Waals surface area contributed by atoms with E-state index in [4.69, 9.17) is 5.11 Å². The summed E-state index contributed by atoms with van der Waals surface area (Å²) in [5.41, 5.74) is 1.56. The molecule has 2 N–H and O–H groups in total. The molecule has 20 heavy (non-hydrogen) atoms. The van der Waals surface area contributed by atoms with Crippen LogP contribution in [-0.2, 0) is 6.54 Å². The molecule has 4 nitrogen and oxygen atoms in total. The summed E-state index contributed by atoms with van der Waals surface area (Å²) in [7, 11) is 0. The van der Waals surface area contributed by atoms with Crippen LogP contribution in [0.3, 0.4) is 0 Å². The summed E-state index contributed by atoms with van der Waals surface area (Å²) in [4.78, 5) is 0. The van der Waals surface area contributed by atoms with E-state index in [1.807, 2.05) is 12.4 Å². The number of hydrogen-bond donors (Lipinski definition) is 2. The van der Waals surface area contributed by atoms with Crippen LogP contribution in [0.15, 0.2) is 24.5 Å². The minimum Gasteiger partial charge on any atom is -0.394 e. The Balaban J connectivity index is 1.58. The van der Waals surface area contributed by atoms with Crippen LogP contribution in [0.4, 0.5) is 5.69 Å². The van der Waals surface area contributed by atoms with Crippen molar-refractivity contribution in [3.63, 3.8) is 0 Å². The SMILES string of the molecule is OCCn1cc(NC2C=CC3(CCCCC3)CC2)cn1. The van der Waals surface area contributed by atoms with E-state index in [9.17, 15) is 0 Å². The maximum absolute atomic E-state index is 8.90. The maximum atomic E-state index is 8.90.